The summed E-state index contributed by atoms with van der Waals surface area (Å²) in [6, 6.07) is 15.5. The maximum absolute atomic E-state index is 12.7. The van der Waals surface area contributed by atoms with Crippen LogP contribution in [0.5, 0.6) is 11.5 Å². The summed E-state index contributed by atoms with van der Waals surface area (Å²) < 4.78 is 11.2. The van der Waals surface area contributed by atoms with Crippen molar-refractivity contribution in [2.45, 2.75) is 19.4 Å². The number of carbonyl (C=O) groups is 1. The molecular weight excluding hydrogens is 390 g/mol. The van der Waals surface area contributed by atoms with Crippen molar-refractivity contribution in [3.8, 4) is 17.6 Å². The van der Waals surface area contributed by atoms with Crippen molar-refractivity contribution in [3.05, 3.63) is 71.8 Å². The summed E-state index contributed by atoms with van der Waals surface area (Å²) in [7, 11) is 1.60. The number of hydrogen-bond acceptors (Lipinski definition) is 5. The van der Waals surface area contributed by atoms with Gasteiger partial charge in [0.2, 0.25) is 0 Å². The van der Waals surface area contributed by atoms with Crippen LogP contribution in [0.3, 0.4) is 0 Å². The van der Waals surface area contributed by atoms with Gasteiger partial charge >= 0.3 is 0 Å². The van der Waals surface area contributed by atoms with Gasteiger partial charge in [0, 0.05) is 32.7 Å². The van der Waals surface area contributed by atoms with Crippen LogP contribution < -0.4 is 9.47 Å². The van der Waals surface area contributed by atoms with Gasteiger partial charge in [0.05, 0.1) is 18.7 Å². The third kappa shape index (κ3) is 6.34. The second kappa shape index (κ2) is 11.2. The molecule has 1 aliphatic rings. The van der Waals surface area contributed by atoms with Crippen LogP contribution in [-0.4, -0.2) is 55.6 Å². The van der Waals surface area contributed by atoms with Crippen molar-refractivity contribution in [1.82, 2.24) is 9.80 Å². The summed E-state index contributed by atoms with van der Waals surface area (Å²) in [6.07, 6.45) is 3.51. The van der Waals surface area contributed by atoms with Crippen LogP contribution in [0.2, 0.25) is 0 Å². The van der Waals surface area contributed by atoms with E-state index in [1.807, 2.05) is 53.4 Å². The molecule has 6 nitrogen and oxygen atoms in total. The first kappa shape index (κ1) is 22.4. The number of methoxy groups -OCH3 is 1. The summed E-state index contributed by atoms with van der Waals surface area (Å²) >= 11 is 0. The Morgan fingerprint density at radius 1 is 1.10 bits per heavy atom. The summed E-state index contributed by atoms with van der Waals surface area (Å²) in [6.45, 7) is 7.70. The summed E-state index contributed by atoms with van der Waals surface area (Å²) in [5.41, 5.74) is 2.93. The van der Waals surface area contributed by atoms with E-state index in [-0.39, 0.29) is 12.5 Å². The molecule has 0 saturated carbocycles. The van der Waals surface area contributed by atoms with Crippen molar-refractivity contribution in [2.24, 2.45) is 0 Å². The number of nitriles is 1. The van der Waals surface area contributed by atoms with E-state index >= 15 is 0 Å². The van der Waals surface area contributed by atoms with Crippen molar-refractivity contribution < 1.29 is 14.3 Å². The Morgan fingerprint density at radius 2 is 1.87 bits per heavy atom. The maximum Gasteiger partial charge on any atom is 0.260 e. The number of hydrogen-bond donors (Lipinski definition) is 0. The first-order valence-corrected chi connectivity index (χ1v) is 10.5. The second-order valence-electron chi connectivity index (χ2n) is 7.59. The molecule has 1 aliphatic heterocycles. The molecule has 0 aliphatic carbocycles. The van der Waals surface area contributed by atoms with Gasteiger partial charge in [0.15, 0.2) is 18.1 Å². The monoisotopic (exact) mass is 419 g/mol. The van der Waals surface area contributed by atoms with E-state index in [4.69, 9.17) is 14.7 Å². The predicted octanol–water partition coefficient (Wildman–Crippen LogP) is 3.41. The minimum absolute atomic E-state index is 0.00716. The van der Waals surface area contributed by atoms with Crippen LogP contribution in [0.1, 0.15) is 23.1 Å². The summed E-state index contributed by atoms with van der Waals surface area (Å²) in [4.78, 5) is 16.9. The molecule has 1 saturated heterocycles. The Hall–Kier alpha value is -3.30. The Morgan fingerprint density at radius 3 is 2.58 bits per heavy atom. The van der Waals surface area contributed by atoms with Gasteiger partial charge < -0.3 is 14.4 Å². The van der Waals surface area contributed by atoms with Gasteiger partial charge in [-0.15, -0.1) is 6.58 Å². The molecule has 3 rings (SSSR count). The Labute approximate surface area is 184 Å². The summed E-state index contributed by atoms with van der Waals surface area (Å²) in [5.74, 6) is 1.18. The van der Waals surface area contributed by atoms with E-state index in [2.05, 4.69) is 17.5 Å². The Kier molecular flexibility index (Phi) is 8.08. The number of carbonyl (C=O) groups excluding carboxylic acids is 1. The Bertz CT molecular complexity index is 934. The molecule has 0 N–H and O–H groups in total. The molecule has 0 bridgehead atoms. The highest BCUT2D eigenvalue weighted by molar-refractivity contribution is 5.78. The third-order valence-corrected chi connectivity index (χ3v) is 5.39. The molecule has 1 heterocycles. The fraction of sp³-hybridized carbons (Fsp3) is 0.360. The van der Waals surface area contributed by atoms with Crippen LogP contribution in [0, 0.1) is 11.3 Å². The second-order valence-corrected chi connectivity index (χ2v) is 7.59. The van der Waals surface area contributed by atoms with E-state index in [0.29, 0.717) is 23.6 Å². The van der Waals surface area contributed by atoms with E-state index < -0.39 is 0 Å². The van der Waals surface area contributed by atoms with Crippen LogP contribution in [0.4, 0.5) is 0 Å². The zero-order valence-electron chi connectivity index (χ0n) is 18.0. The lowest BCUT2D eigenvalue weighted by Gasteiger charge is -2.22. The van der Waals surface area contributed by atoms with Gasteiger partial charge in [-0.25, -0.2) is 0 Å². The number of rotatable bonds is 8. The molecule has 31 heavy (non-hydrogen) atoms. The van der Waals surface area contributed by atoms with Gasteiger partial charge in [0.1, 0.15) is 0 Å². The smallest absolute Gasteiger partial charge is 0.260 e. The molecule has 1 amide bonds. The zero-order chi connectivity index (χ0) is 22.1. The maximum atomic E-state index is 12.7. The fourth-order valence-corrected chi connectivity index (χ4v) is 3.68. The molecule has 2 aromatic rings. The molecule has 0 aromatic heterocycles. The first-order valence-electron chi connectivity index (χ1n) is 10.5. The quantitative estimate of drug-likeness (QED) is 0.614. The summed E-state index contributed by atoms with van der Waals surface area (Å²) in [5, 5.41) is 8.93. The average molecular weight is 420 g/mol. The van der Waals surface area contributed by atoms with E-state index in [0.717, 1.165) is 44.6 Å². The number of allylic oxidation sites excluding steroid dienone is 1. The molecule has 2 aromatic carbocycles. The molecule has 6 heteroatoms. The van der Waals surface area contributed by atoms with Crippen LogP contribution >= 0.6 is 0 Å². The van der Waals surface area contributed by atoms with Crippen molar-refractivity contribution >= 4 is 5.91 Å². The largest absolute Gasteiger partial charge is 0.493 e. The molecule has 0 radical (unpaired) electrons. The van der Waals surface area contributed by atoms with Crippen LogP contribution in [0.15, 0.2) is 55.1 Å². The molecule has 0 unspecified atom stereocenters. The minimum Gasteiger partial charge on any atom is -0.493 e. The normalized spacial score (nSPS) is 14.4. The zero-order valence-corrected chi connectivity index (χ0v) is 18.0. The van der Waals surface area contributed by atoms with Gasteiger partial charge in [-0.1, -0.05) is 24.3 Å². The average Bonchev–Trinajstić information content (AvgIpc) is 3.04. The molecule has 1 fully saturated rings. The highest BCUT2D eigenvalue weighted by atomic mass is 16.5. The standard InChI is InChI=1S/C25H29N3O3/c1-3-5-20-10-11-23(24(16-20)30-2)31-19-25(29)28-13-4-12-27(14-15-28)18-22-8-6-21(17-26)7-9-22/h3,6-11,16H,1,4-5,12-15,18-19H2,2H3. The lowest BCUT2D eigenvalue weighted by molar-refractivity contribution is -0.133. The van der Waals surface area contributed by atoms with Gasteiger partial charge in [-0.2, -0.15) is 5.26 Å². The van der Waals surface area contributed by atoms with E-state index in [1.54, 1.807) is 7.11 Å². The van der Waals surface area contributed by atoms with E-state index in [1.165, 1.54) is 5.56 Å². The van der Waals surface area contributed by atoms with Crippen molar-refractivity contribution in [1.29, 1.82) is 5.26 Å². The number of nitrogens with zero attached hydrogens (tertiary/aromatic N) is 3. The highest BCUT2D eigenvalue weighted by Crippen LogP contribution is 2.28. The molecular formula is C25H29N3O3. The third-order valence-electron chi connectivity index (χ3n) is 5.39. The van der Waals surface area contributed by atoms with Crippen molar-refractivity contribution in [3.63, 3.8) is 0 Å². The van der Waals surface area contributed by atoms with Crippen LogP contribution in [0.25, 0.3) is 0 Å². The van der Waals surface area contributed by atoms with Crippen molar-refractivity contribution in [2.75, 3.05) is 39.9 Å². The lowest BCUT2D eigenvalue weighted by atomic mass is 10.1. The van der Waals surface area contributed by atoms with Gasteiger partial charge in [-0.3, -0.25) is 9.69 Å². The number of benzene rings is 2. The fourth-order valence-electron chi connectivity index (χ4n) is 3.68. The topological polar surface area (TPSA) is 65.8 Å². The lowest BCUT2D eigenvalue weighted by Crippen LogP contribution is -2.38. The number of amides is 1. The van der Waals surface area contributed by atoms with E-state index in [9.17, 15) is 4.79 Å². The number of ether oxygens (including phenoxy) is 2. The van der Waals surface area contributed by atoms with Gasteiger partial charge in [-0.05, 0) is 48.2 Å². The molecule has 162 valence electrons. The first-order chi connectivity index (χ1) is 15.1. The highest BCUT2D eigenvalue weighted by Gasteiger charge is 2.20. The van der Waals surface area contributed by atoms with Gasteiger partial charge in [0.25, 0.3) is 5.91 Å². The Balaban J connectivity index is 1.51. The SMILES string of the molecule is C=CCc1ccc(OCC(=O)N2CCCN(Cc3ccc(C#N)cc3)CC2)c(OC)c1. The molecule has 0 spiro atoms. The predicted molar refractivity (Wildman–Crippen MR) is 120 cm³/mol. The van der Waals surface area contributed by atoms with Crippen LogP contribution in [-0.2, 0) is 17.8 Å². The molecule has 0 atom stereocenters. The minimum atomic E-state index is -0.0163.